The normalized spacial score (nSPS) is 8.57. The van der Waals surface area contributed by atoms with Crippen LogP contribution in [0.25, 0.3) is 0 Å². The van der Waals surface area contributed by atoms with Gasteiger partial charge in [0.05, 0.1) is 13.2 Å². The van der Waals surface area contributed by atoms with Crippen molar-refractivity contribution in [3.05, 3.63) is 0 Å². The second-order valence-corrected chi connectivity index (χ2v) is 3.00. The number of hydrogen-bond acceptors (Lipinski definition) is 3. The summed E-state index contributed by atoms with van der Waals surface area (Å²) in [5, 5.41) is 15.2. The number of nitrogens with two attached hydrogens (primary N) is 1. The first-order valence-corrected chi connectivity index (χ1v) is 5.25. The van der Waals surface area contributed by atoms with Crippen LogP contribution in [0.15, 0.2) is 0 Å². The van der Waals surface area contributed by atoms with Gasteiger partial charge < -0.3 is 15.9 Å². The van der Waals surface area contributed by atoms with Crippen LogP contribution in [0.1, 0.15) is 45.4 Å². The zero-order chi connectivity index (χ0) is 10.4. The molecule has 0 fully saturated rings. The van der Waals surface area contributed by atoms with Crippen molar-refractivity contribution < 1.29 is 10.2 Å². The van der Waals surface area contributed by atoms with Gasteiger partial charge in [0.25, 0.3) is 0 Å². The van der Waals surface area contributed by atoms with Gasteiger partial charge >= 0.3 is 0 Å². The van der Waals surface area contributed by atoms with Crippen LogP contribution in [0.4, 0.5) is 0 Å². The predicted molar refractivity (Wildman–Crippen MR) is 63.9 cm³/mol. The highest BCUT2D eigenvalue weighted by Crippen LogP contribution is 2.03. The molecular formula is C10H26ClNO2. The Morgan fingerprint density at radius 3 is 1.64 bits per heavy atom. The van der Waals surface area contributed by atoms with Crippen LogP contribution in [0.3, 0.4) is 0 Å². The van der Waals surface area contributed by atoms with Gasteiger partial charge in [-0.15, -0.1) is 12.4 Å². The molecule has 0 rings (SSSR count). The molecule has 0 amide bonds. The zero-order valence-corrected chi connectivity index (χ0v) is 10.1. The quantitative estimate of drug-likeness (QED) is 0.580. The van der Waals surface area contributed by atoms with E-state index in [0.717, 1.165) is 6.54 Å². The highest BCUT2D eigenvalue weighted by Gasteiger charge is 1.85. The summed E-state index contributed by atoms with van der Waals surface area (Å²) < 4.78 is 0. The number of aliphatic hydroxyl groups is 2. The van der Waals surface area contributed by atoms with Gasteiger partial charge in [0, 0.05) is 0 Å². The second kappa shape index (κ2) is 23.2. The van der Waals surface area contributed by atoms with E-state index in [9.17, 15) is 0 Å². The van der Waals surface area contributed by atoms with Gasteiger partial charge in [-0.1, -0.05) is 39.0 Å². The zero-order valence-electron chi connectivity index (χ0n) is 9.24. The summed E-state index contributed by atoms with van der Waals surface area (Å²) in [6, 6.07) is 0. The van der Waals surface area contributed by atoms with Gasteiger partial charge in [-0.25, -0.2) is 0 Å². The summed E-state index contributed by atoms with van der Waals surface area (Å²) in [4.78, 5) is 0. The molecule has 3 nitrogen and oxygen atoms in total. The van der Waals surface area contributed by atoms with Gasteiger partial charge in [0.15, 0.2) is 0 Å². The molecule has 0 atom stereocenters. The van der Waals surface area contributed by atoms with Crippen LogP contribution in [0.2, 0.25) is 0 Å². The fourth-order valence-electron chi connectivity index (χ4n) is 0.925. The molecule has 0 aromatic carbocycles. The van der Waals surface area contributed by atoms with Gasteiger partial charge in [0.2, 0.25) is 0 Å². The van der Waals surface area contributed by atoms with E-state index in [0.29, 0.717) is 0 Å². The fraction of sp³-hybridized carbons (Fsp3) is 1.00. The average Bonchev–Trinajstić information content (AvgIpc) is 2.18. The van der Waals surface area contributed by atoms with Crippen LogP contribution < -0.4 is 5.73 Å². The molecule has 4 N–H and O–H groups in total. The lowest BCUT2D eigenvalue weighted by atomic mass is 10.1. The molecule has 0 aromatic rings. The highest BCUT2D eigenvalue weighted by atomic mass is 35.5. The van der Waals surface area contributed by atoms with Crippen molar-refractivity contribution in [3.63, 3.8) is 0 Å². The lowest BCUT2D eigenvalue weighted by molar-refractivity contribution is 0.186. The maximum atomic E-state index is 7.62. The predicted octanol–water partition coefficient (Wildman–Crippen LogP) is 1.70. The minimum absolute atomic E-state index is 0. The third-order valence-electron chi connectivity index (χ3n) is 1.66. The number of unbranched alkanes of at least 4 members (excludes halogenated alkanes) is 5. The van der Waals surface area contributed by atoms with Crippen molar-refractivity contribution in [1.29, 1.82) is 0 Å². The molecule has 0 spiro atoms. The lowest BCUT2D eigenvalue weighted by Crippen LogP contribution is -1.97. The first-order valence-electron chi connectivity index (χ1n) is 5.25. The Hall–Kier alpha value is 0.170. The summed E-state index contributed by atoms with van der Waals surface area (Å²) in [6.45, 7) is 2.86. The van der Waals surface area contributed by atoms with Crippen molar-refractivity contribution in [1.82, 2.24) is 0 Å². The van der Waals surface area contributed by atoms with Crippen LogP contribution in [0, 0.1) is 0 Å². The topological polar surface area (TPSA) is 66.5 Å². The number of aliphatic hydroxyl groups excluding tert-OH is 2. The summed E-state index contributed by atoms with van der Waals surface area (Å²) in [7, 11) is 0. The van der Waals surface area contributed by atoms with E-state index in [2.05, 4.69) is 6.92 Å². The van der Waals surface area contributed by atoms with Crippen LogP contribution in [-0.2, 0) is 0 Å². The molecule has 0 aromatic heterocycles. The fourth-order valence-corrected chi connectivity index (χ4v) is 0.925. The van der Waals surface area contributed by atoms with E-state index in [-0.39, 0.29) is 25.6 Å². The molecule has 0 radical (unpaired) electrons. The monoisotopic (exact) mass is 227 g/mol. The molecule has 0 bridgehead atoms. The Morgan fingerprint density at radius 1 is 0.857 bits per heavy atom. The highest BCUT2D eigenvalue weighted by molar-refractivity contribution is 5.85. The molecule has 0 unspecified atom stereocenters. The maximum Gasteiger partial charge on any atom is 0.0662 e. The van der Waals surface area contributed by atoms with Gasteiger partial charge in [0.1, 0.15) is 0 Å². The molecule has 14 heavy (non-hydrogen) atoms. The molecule has 0 aliphatic carbocycles. The Labute approximate surface area is 94.1 Å². The maximum absolute atomic E-state index is 7.62. The van der Waals surface area contributed by atoms with Crippen molar-refractivity contribution >= 4 is 12.4 Å². The Balaban J connectivity index is -0.000000209. The van der Waals surface area contributed by atoms with Crippen molar-refractivity contribution in [2.75, 3.05) is 19.8 Å². The van der Waals surface area contributed by atoms with Gasteiger partial charge in [-0.3, -0.25) is 0 Å². The minimum Gasteiger partial charge on any atom is -0.394 e. The Morgan fingerprint density at radius 2 is 1.29 bits per heavy atom. The van der Waals surface area contributed by atoms with Crippen molar-refractivity contribution in [2.45, 2.75) is 45.4 Å². The first kappa shape index (κ1) is 19.7. The van der Waals surface area contributed by atoms with E-state index < -0.39 is 0 Å². The van der Waals surface area contributed by atoms with Crippen LogP contribution >= 0.6 is 12.4 Å². The molecular weight excluding hydrogens is 202 g/mol. The molecule has 0 aliphatic rings. The number of hydrogen-bond donors (Lipinski definition) is 3. The van der Waals surface area contributed by atoms with Crippen LogP contribution in [0.5, 0.6) is 0 Å². The molecule has 0 aliphatic heterocycles. The summed E-state index contributed by atoms with van der Waals surface area (Å²) in [5.41, 5.74) is 5.34. The van der Waals surface area contributed by atoms with Crippen LogP contribution in [-0.4, -0.2) is 30.0 Å². The molecule has 0 heterocycles. The average molecular weight is 228 g/mol. The third kappa shape index (κ3) is 29.5. The second-order valence-electron chi connectivity index (χ2n) is 3.00. The Kier molecular flexibility index (Phi) is 32.6. The van der Waals surface area contributed by atoms with E-state index in [1.54, 1.807) is 0 Å². The van der Waals surface area contributed by atoms with E-state index in [1.165, 1.54) is 38.5 Å². The van der Waals surface area contributed by atoms with E-state index >= 15 is 0 Å². The van der Waals surface area contributed by atoms with E-state index in [4.69, 9.17) is 15.9 Å². The number of halogens is 1. The summed E-state index contributed by atoms with van der Waals surface area (Å²) in [6.07, 6.45) is 8.05. The van der Waals surface area contributed by atoms with Crippen molar-refractivity contribution in [3.8, 4) is 0 Å². The lowest BCUT2D eigenvalue weighted by Gasteiger charge is -1.96. The standard InChI is InChI=1S/C8H19N.C2H6O2.ClH/c1-2-3-4-5-6-7-8-9;3-1-2-4;/h2-9H2,1H3;3-4H,1-2H2;1H. The molecule has 0 saturated carbocycles. The van der Waals surface area contributed by atoms with Gasteiger partial charge in [-0.2, -0.15) is 0 Å². The van der Waals surface area contributed by atoms with Gasteiger partial charge in [-0.05, 0) is 13.0 Å². The Bertz CT molecular complexity index is 67.1. The third-order valence-corrected chi connectivity index (χ3v) is 1.66. The molecule has 4 heteroatoms. The first-order chi connectivity index (χ1) is 6.33. The molecule has 0 saturated heterocycles. The minimum atomic E-state index is -0.125. The number of rotatable bonds is 7. The van der Waals surface area contributed by atoms with Crippen molar-refractivity contribution in [2.24, 2.45) is 5.73 Å². The SMILES string of the molecule is CCCCCCCCN.Cl.OCCO. The van der Waals surface area contributed by atoms with E-state index in [1.807, 2.05) is 0 Å². The smallest absolute Gasteiger partial charge is 0.0662 e. The summed E-state index contributed by atoms with van der Waals surface area (Å²) in [5.74, 6) is 0. The summed E-state index contributed by atoms with van der Waals surface area (Å²) >= 11 is 0. The molecule has 90 valence electrons. The largest absolute Gasteiger partial charge is 0.394 e.